The number of carbonyl (C=O) groups is 2. The molecule has 0 aromatic heterocycles. The van der Waals surface area contributed by atoms with Gasteiger partial charge in [0.05, 0.1) is 25.8 Å². The minimum Gasteiger partial charge on any atom is -0.497 e. The summed E-state index contributed by atoms with van der Waals surface area (Å²) in [5.41, 5.74) is 1.78. The van der Waals surface area contributed by atoms with Crippen LogP contribution in [0.2, 0.25) is 0 Å². The van der Waals surface area contributed by atoms with Crippen molar-refractivity contribution in [2.24, 2.45) is 0 Å². The van der Waals surface area contributed by atoms with E-state index in [2.05, 4.69) is 27.4 Å². The molecule has 0 spiro atoms. The predicted molar refractivity (Wildman–Crippen MR) is 105 cm³/mol. The quantitative estimate of drug-likeness (QED) is 0.711. The molecule has 0 saturated carbocycles. The summed E-state index contributed by atoms with van der Waals surface area (Å²) >= 11 is 0. The number of urea groups is 1. The molecule has 0 radical (unpaired) electrons. The highest BCUT2D eigenvalue weighted by molar-refractivity contribution is 5.95. The van der Waals surface area contributed by atoms with E-state index in [4.69, 9.17) is 9.47 Å². The molecule has 1 aromatic carbocycles. The number of piperazine rings is 1. The van der Waals surface area contributed by atoms with Crippen LogP contribution in [0, 0.1) is 0 Å². The Hall–Kier alpha value is -2.58. The molecule has 0 bridgehead atoms. The maximum Gasteiger partial charge on any atom is 0.338 e. The highest BCUT2D eigenvalue weighted by Gasteiger charge is 2.34. The third kappa shape index (κ3) is 4.45. The second kappa shape index (κ2) is 9.07. The molecule has 1 fully saturated rings. The number of methoxy groups -OCH3 is 2. The first-order valence-corrected chi connectivity index (χ1v) is 9.53. The Kier molecular flexibility index (Phi) is 6.53. The van der Waals surface area contributed by atoms with Gasteiger partial charge in [-0.25, -0.2) is 9.59 Å². The Labute approximate surface area is 165 Å². The number of nitrogens with zero attached hydrogens (tertiary/aromatic N) is 2. The lowest BCUT2D eigenvalue weighted by molar-refractivity contribution is -0.136. The highest BCUT2D eigenvalue weighted by Crippen LogP contribution is 2.30. The van der Waals surface area contributed by atoms with Crippen molar-refractivity contribution in [3.63, 3.8) is 0 Å². The Balaban J connectivity index is 1.91. The molecule has 2 aliphatic heterocycles. The number of esters is 1. The number of likely N-dealkylation sites (N-methyl/N-ethyl adjacent to an activating group) is 1. The fraction of sp³-hybridized carbons (Fsp3) is 0.500. The molecule has 8 heteroatoms. The molecule has 152 valence electrons. The molecule has 2 heterocycles. The molecule has 2 aliphatic rings. The summed E-state index contributed by atoms with van der Waals surface area (Å²) in [6.07, 6.45) is 0. The second-order valence-electron chi connectivity index (χ2n) is 6.90. The number of rotatable bonds is 6. The fourth-order valence-corrected chi connectivity index (χ4v) is 3.65. The van der Waals surface area contributed by atoms with Crippen LogP contribution in [0.1, 0.15) is 18.5 Å². The van der Waals surface area contributed by atoms with Crippen LogP contribution in [0.5, 0.6) is 5.75 Å². The Morgan fingerprint density at radius 2 is 1.89 bits per heavy atom. The van der Waals surface area contributed by atoms with Gasteiger partial charge < -0.3 is 25.0 Å². The summed E-state index contributed by atoms with van der Waals surface area (Å²) in [6.45, 7) is 7.40. The van der Waals surface area contributed by atoms with Crippen molar-refractivity contribution < 1.29 is 19.1 Å². The fourth-order valence-electron chi connectivity index (χ4n) is 3.65. The summed E-state index contributed by atoms with van der Waals surface area (Å²) in [6, 6.07) is 6.41. The number of ether oxygens (including phenoxy) is 2. The number of nitrogens with one attached hydrogen (secondary N) is 2. The summed E-state index contributed by atoms with van der Waals surface area (Å²) in [5, 5.41) is 5.67. The average molecular weight is 388 g/mol. The standard InChI is InChI=1S/C20H28N4O4/c1-4-23-8-10-24(11-9-23)13-16-17(19(25)28-3)18(22-20(26)21-16)14-6-5-7-15(12-14)27-2/h5-7,12,18H,4,8-11,13H2,1-3H3,(H2,21,22,26)/t18-/m0/s1. The predicted octanol–water partition coefficient (Wildman–Crippen LogP) is 1.11. The third-order valence-electron chi connectivity index (χ3n) is 5.28. The Morgan fingerprint density at radius 3 is 2.54 bits per heavy atom. The first kappa shape index (κ1) is 20.2. The molecule has 0 aliphatic carbocycles. The van der Waals surface area contributed by atoms with Gasteiger partial charge in [0.2, 0.25) is 0 Å². The molecule has 2 N–H and O–H groups in total. The first-order chi connectivity index (χ1) is 13.5. The molecule has 28 heavy (non-hydrogen) atoms. The number of hydrogen-bond donors (Lipinski definition) is 2. The van der Waals surface area contributed by atoms with Crippen LogP contribution in [0.25, 0.3) is 0 Å². The van der Waals surface area contributed by atoms with Crippen LogP contribution in [0.4, 0.5) is 4.79 Å². The van der Waals surface area contributed by atoms with E-state index in [1.165, 1.54) is 7.11 Å². The van der Waals surface area contributed by atoms with Crippen LogP contribution in [0.3, 0.4) is 0 Å². The SMILES string of the molecule is CCN1CCN(CC2=C(C(=O)OC)[C@H](c3cccc(OC)c3)NC(=O)N2)CC1. The third-order valence-corrected chi connectivity index (χ3v) is 5.28. The van der Waals surface area contributed by atoms with Gasteiger partial charge in [0, 0.05) is 38.4 Å². The summed E-state index contributed by atoms with van der Waals surface area (Å²) in [7, 11) is 2.94. The molecule has 3 rings (SSSR count). The van der Waals surface area contributed by atoms with Crippen LogP contribution >= 0.6 is 0 Å². The molecule has 1 aromatic rings. The molecule has 0 unspecified atom stereocenters. The molecule has 1 saturated heterocycles. The van der Waals surface area contributed by atoms with Crippen molar-refractivity contribution in [3.8, 4) is 5.75 Å². The van der Waals surface area contributed by atoms with Gasteiger partial charge in [-0.05, 0) is 24.2 Å². The highest BCUT2D eigenvalue weighted by atomic mass is 16.5. The Bertz CT molecular complexity index is 756. The van der Waals surface area contributed by atoms with Crippen molar-refractivity contribution in [3.05, 3.63) is 41.1 Å². The maximum absolute atomic E-state index is 12.6. The molecule has 1 atom stereocenters. The van der Waals surface area contributed by atoms with Gasteiger partial charge in [-0.2, -0.15) is 0 Å². The van der Waals surface area contributed by atoms with Gasteiger partial charge >= 0.3 is 12.0 Å². The van der Waals surface area contributed by atoms with Crippen molar-refractivity contribution in [1.82, 2.24) is 20.4 Å². The number of carbonyl (C=O) groups excluding carboxylic acids is 2. The van der Waals surface area contributed by atoms with Crippen molar-refractivity contribution in [1.29, 1.82) is 0 Å². The normalized spacial score (nSPS) is 21.1. The zero-order chi connectivity index (χ0) is 20.1. The van der Waals surface area contributed by atoms with Gasteiger partial charge in [0.1, 0.15) is 5.75 Å². The monoisotopic (exact) mass is 388 g/mol. The summed E-state index contributed by atoms with van der Waals surface area (Å²) in [5.74, 6) is 0.203. The smallest absolute Gasteiger partial charge is 0.338 e. The van der Waals surface area contributed by atoms with Crippen LogP contribution < -0.4 is 15.4 Å². The average Bonchev–Trinajstić information content (AvgIpc) is 2.73. The van der Waals surface area contributed by atoms with E-state index < -0.39 is 12.0 Å². The topological polar surface area (TPSA) is 83.1 Å². The van der Waals surface area contributed by atoms with E-state index in [9.17, 15) is 9.59 Å². The van der Waals surface area contributed by atoms with Gasteiger partial charge in [-0.15, -0.1) is 0 Å². The minimum atomic E-state index is -0.594. The van der Waals surface area contributed by atoms with Crippen LogP contribution in [-0.4, -0.2) is 75.3 Å². The first-order valence-electron chi connectivity index (χ1n) is 9.53. The van der Waals surface area contributed by atoms with E-state index in [0.717, 1.165) is 38.3 Å². The number of amides is 2. The van der Waals surface area contributed by atoms with Gasteiger partial charge in [0.25, 0.3) is 0 Å². The maximum atomic E-state index is 12.6. The minimum absolute atomic E-state index is 0.331. The van der Waals surface area contributed by atoms with Crippen LogP contribution in [0.15, 0.2) is 35.5 Å². The molecule has 8 nitrogen and oxygen atoms in total. The largest absolute Gasteiger partial charge is 0.497 e. The Morgan fingerprint density at radius 1 is 1.18 bits per heavy atom. The molecule has 2 amide bonds. The van der Waals surface area contributed by atoms with Crippen molar-refractivity contribution in [2.75, 3.05) is 53.5 Å². The molecular formula is C20H28N4O4. The lowest BCUT2D eigenvalue weighted by atomic mass is 9.94. The van der Waals surface area contributed by atoms with Crippen molar-refractivity contribution in [2.45, 2.75) is 13.0 Å². The van der Waals surface area contributed by atoms with Gasteiger partial charge in [0.15, 0.2) is 0 Å². The van der Waals surface area contributed by atoms with E-state index in [-0.39, 0.29) is 6.03 Å². The zero-order valence-electron chi connectivity index (χ0n) is 16.7. The van der Waals surface area contributed by atoms with Crippen LogP contribution in [-0.2, 0) is 9.53 Å². The second-order valence-corrected chi connectivity index (χ2v) is 6.90. The van der Waals surface area contributed by atoms with E-state index in [0.29, 0.717) is 23.6 Å². The van der Waals surface area contributed by atoms with Gasteiger partial charge in [-0.3, -0.25) is 4.90 Å². The number of benzene rings is 1. The summed E-state index contributed by atoms with van der Waals surface area (Å²) in [4.78, 5) is 29.6. The van der Waals surface area contributed by atoms with Gasteiger partial charge in [-0.1, -0.05) is 19.1 Å². The lowest BCUT2D eigenvalue weighted by Crippen LogP contribution is -2.51. The molecular weight excluding hydrogens is 360 g/mol. The lowest BCUT2D eigenvalue weighted by Gasteiger charge is -2.36. The summed E-state index contributed by atoms with van der Waals surface area (Å²) < 4.78 is 10.3. The zero-order valence-corrected chi connectivity index (χ0v) is 16.7. The van der Waals surface area contributed by atoms with E-state index in [1.807, 2.05) is 24.3 Å². The van der Waals surface area contributed by atoms with E-state index in [1.54, 1.807) is 7.11 Å². The van der Waals surface area contributed by atoms with E-state index >= 15 is 0 Å². The number of hydrogen-bond acceptors (Lipinski definition) is 6. The van der Waals surface area contributed by atoms with Crippen molar-refractivity contribution >= 4 is 12.0 Å².